The van der Waals surface area contributed by atoms with Crippen molar-refractivity contribution < 1.29 is 4.79 Å². The van der Waals surface area contributed by atoms with Crippen LogP contribution in [0.25, 0.3) is 11.0 Å². The largest absolute Gasteiger partial charge is 0.356 e. The van der Waals surface area contributed by atoms with Crippen LogP contribution in [0.3, 0.4) is 0 Å². The van der Waals surface area contributed by atoms with Crippen molar-refractivity contribution in [2.75, 3.05) is 18.0 Å². The van der Waals surface area contributed by atoms with Crippen molar-refractivity contribution in [3.05, 3.63) is 60.6 Å². The van der Waals surface area contributed by atoms with Gasteiger partial charge in [-0.3, -0.25) is 9.89 Å². The van der Waals surface area contributed by atoms with E-state index < -0.39 is 0 Å². The van der Waals surface area contributed by atoms with Crippen LogP contribution in [0.1, 0.15) is 30.1 Å². The summed E-state index contributed by atoms with van der Waals surface area (Å²) < 4.78 is 2.14. The topological polar surface area (TPSA) is 105 Å². The zero-order valence-electron chi connectivity index (χ0n) is 17.6. The second kappa shape index (κ2) is 7.74. The van der Waals surface area contributed by atoms with E-state index in [-0.39, 0.29) is 11.8 Å². The second-order valence-electron chi connectivity index (χ2n) is 8.50. The summed E-state index contributed by atoms with van der Waals surface area (Å²) in [5.74, 6) is 2.33. The van der Waals surface area contributed by atoms with Crippen LogP contribution in [0.5, 0.6) is 0 Å². The third-order valence-corrected chi connectivity index (χ3v) is 6.66. The van der Waals surface area contributed by atoms with E-state index in [9.17, 15) is 4.79 Å². The Labute approximate surface area is 184 Å². The number of anilines is 2. The Morgan fingerprint density at radius 2 is 2.16 bits per heavy atom. The molecule has 0 spiro atoms. The molecule has 2 aliphatic rings. The van der Waals surface area contributed by atoms with Gasteiger partial charge in [-0.25, -0.2) is 15.0 Å². The molecule has 2 aliphatic heterocycles. The summed E-state index contributed by atoms with van der Waals surface area (Å²) in [5.41, 5.74) is 3.18. The molecule has 3 aromatic heterocycles. The van der Waals surface area contributed by atoms with Gasteiger partial charge in [0.15, 0.2) is 5.65 Å². The smallest absolute Gasteiger partial charge is 0.223 e. The Morgan fingerprint density at radius 1 is 1.22 bits per heavy atom. The van der Waals surface area contributed by atoms with Crippen molar-refractivity contribution >= 4 is 28.4 Å². The monoisotopic (exact) mass is 428 g/mol. The van der Waals surface area contributed by atoms with Crippen molar-refractivity contribution in [1.29, 1.82) is 0 Å². The fourth-order valence-corrected chi connectivity index (χ4v) is 5.00. The van der Waals surface area contributed by atoms with E-state index in [4.69, 9.17) is 0 Å². The molecular weight excluding hydrogens is 404 g/mol. The van der Waals surface area contributed by atoms with Crippen molar-refractivity contribution in [3.63, 3.8) is 0 Å². The number of hydrogen-bond acceptors (Lipinski definition) is 6. The van der Waals surface area contributed by atoms with Gasteiger partial charge in [0.1, 0.15) is 18.0 Å². The molecule has 162 valence electrons. The Morgan fingerprint density at radius 3 is 3.12 bits per heavy atom. The van der Waals surface area contributed by atoms with Gasteiger partial charge in [0.2, 0.25) is 5.91 Å². The molecule has 6 rings (SSSR count). The standard InChI is InChI=1S/C23H24N8O/c32-23(15-6-9-30-10-8-24-20(30)11-15)25-7-5-16-13-31(19-4-2-1-3-17(16)19)22-18-12-28-29-21(18)26-14-27-22/h1-4,8,10,12,14-16H,5-7,9,11,13H2,(H,25,32)(H,26,27,28,29). The van der Waals surface area contributed by atoms with Crippen LogP contribution in [-0.4, -0.2) is 48.7 Å². The summed E-state index contributed by atoms with van der Waals surface area (Å²) in [6, 6.07) is 8.44. The molecule has 4 aromatic rings. The molecule has 0 fully saturated rings. The van der Waals surface area contributed by atoms with Crippen molar-refractivity contribution in [3.8, 4) is 0 Å². The number of rotatable bonds is 5. The molecule has 0 saturated carbocycles. The fourth-order valence-electron chi connectivity index (χ4n) is 5.00. The number of nitrogens with one attached hydrogen (secondary N) is 2. The highest BCUT2D eigenvalue weighted by Gasteiger charge is 2.31. The number of aryl methyl sites for hydroxylation is 1. The minimum absolute atomic E-state index is 0.00709. The maximum Gasteiger partial charge on any atom is 0.223 e. The molecule has 0 aliphatic carbocycles. The number of nitrogens with zero attached hydrogens (tertiary/aromatic N) is 6. The van der Waals surface area contributed by atoms with E-state index in [2.05, 4.69) is 64.2 Å². The van der Waals surface area contributed by atoms with Gasteiger partial charge in [0.25, 0.3) is 0 Å². The summed E-state index contributed by atoms with van der Waals surface area (Å²) in [4.78, 5) is 28.2. The first-order valence-electron chi connectivity index (χ1n) is 11.1. The highest BCUT2D eigenvalue weighted by Crippen LogP contribution is 2.42. The van der Waals surface area contributed by atoms with Crippen LogP contribution in [0.2, 0.25) is 0 Å². The number of para-hydroxylation sites is 1. The molecule has 0 bridgehead atoms. The Kier molecular flexibility index (Phi) is 4.59. The summed E-state index contributed by atoms with van der Waals surface area (Å²) >= 11 is 0. The lowest BCUT2D eigenvalue weighted by atomic mass is 9.96. The van der Waals surface area contributed by atoms with E-state index in [1.165, 1.54) is 5.56 Å². The molecule has 9 heteroatoms. The summed E-state index contributed by atoms with van der Waals surface area (Å²) in [6.07, 6.45) is 9.60. The van der Waals surface area contributed by atoms with Crippen LogP contribution in [0.15, 0.2) is 49.2 Å². The van der Waals surface area contributed by atoms with E-state index in [1.807, 2.05) is 12.4 Å². The molecule has 2 atom stereocenters. The first-order chi connectivity index (χ1) is 15.8. The first kappa shape index (κ1) is 19.0. The maximum absolute atomic E-state index is 12.8. The number of carbonyl (C=O) groups is 1. The van der Waals surface area contributed by atoms with Gasteiger partial charge in [-0.1, -0.05) is 18.2 Å². The number of aromatic amines is 1. The molecular formula is C23H24N8O. The molecule has 5 heterocycles. The fraction of sp³-hybridized carbons (Fsp3) is 0.348. The minimum Gasteiger partial charge on any atom is -0.356 e. The lowest BCUT2D eigenvalue weighted by molar-refractivity contribution is -0.125. The van der Waals surface area contributed by atoms with Gasteiger partial charge < -0.3 is 14.8 Å². The lowest BCUT2D eigenvalue weighted by Crippen LogP contribution is -2.36. The van der Waals surface area contributed by atoms with Crippen LogP contribution < -0.4 is 10.2 Å². The lowest BCUT2D eigenvalue weighted by Gasteiger charge is -2.23. The SMILES string of the molecule is O=C(NCCC1CN(c2ncnc3[nH]ncc23)c2ccccc21)C1CCn2ccnc2C1. The molecule has 0 radical (unpaired) electrons. The zero-order chi connectivity index (χ0) is 21.5. The zero-order valence-corrected chi connectivity index (χ0v) is 17.6. The maximum atomic E-state index is 12.8. The van der Waals surface area contributed by atoms with E-state index in [0.29, 0.717) is 18.9 Å². The summed E-state index contributed by atoms with van der Waals surface area (Å²) in [5, 5.41) is 11.1. The predicted octanol–water partition coefficient (Wildman–Crippen LogP) is 2.55. The van der Waals surface area contributed by atoms with Crippen LogP contribution >= 0.6 is 0 Å². The number of benzene rings is 1. The summed E-state index contributed by atoms with van der Waals surface area (Å²) in [7, 11) is 0. The number of fused-ring (bicyclic) bond motifs is 3. The Balaban J connectivity index is 1.14. The van der Waals surface area contributed by atoms with Gasteiger partial charge in [-0.15, -0.1) is 0 Å². The molecule has 9 nitrogen and oxygen atoms in total. The second-order valence-corrected chi connectivity index (χ2v) is 8.50. The molecule has 0 saturated heterocycles. The van der Waals surface area contributed by atoms with Crippen molar-refractivity contribution in [2.24, 2.45) is 5.92 Å². The average Bonchev–Trinajstić information content (AvgIpc) is 3.56. The third kappa shape index (κ3) is 3.21. The van der Waals surface area contributed by atoms with Gasteiger partial charge >= 0.3 is 0 Å². The molecule has 32 heavy (non-hydrogen) atoms. The van der Waals surface area contributed by atoms with Gasteiger partial charge in [-0.05, 0) is 24.5 Å². The number of imidazole rings is 1. The molecule has 2 N–H and O–H groups in total. The van der Waals surface area contributed by atoms with E-state index >= 15 is 0 Å². The number of aromatic nitrogens is 6. The quantitative estimate of drug-likeness (QED) is 0.506. The normalized spacial score (nSPS) is 19.7. The highest BCUT2D eigenvalue weighted by atomic mass is 16.1. The number of amides is 1. The van der Waals surface area contributed by atoms with E-state index in [1.54, 1.807) is 12.5 Å². The molecule has 1 aromatic carbocycles. The number of H-pyrrole nitrogens is 1. The van der Waals surface area contributed by atoms with Crippen molar-refractivity contribution in [1.82, 2.24) is 35.0 Å². The predicted molar refractivity (Wildman–Crippen MR) is 120 cm³/mol. The summed E-state index contributed by atoms with van der Waals surface area (Å²) in [6.45, 7) is 2.33. The van der Waals surface area contributed by atoms with Gasteiger partial charge in [0, 0.05) is 56.0 Å². The van der Waals surface area contributed by atoms with Crippen molar-refractivity contribution in [2.45, 2.75) is 31.7 Å². The van der Waals surface area contributed by atoms with Gasteiger partial charge in [-0.2, -0.15) is 5.10 Å². The van der Waals surface area contributed by atoms with Crippen LogP contribution in [-0.2, 0) is 17.8 Å². The van der Waals surface area contributed by atoms with E-state index in [0.717, 1.165) is 54.3 Å². The minimum atomic E-state index is 0.00709. The van der Waals surface area contributed by atoms with Gasteiger partial charge in [0.05, 0.1) is 11.6 Å². The number of hydrogen-bond donors (Lipinski definition) is 2. The average molecular weight is 429 g/mol. The highest BCUT2D eigenvalue weighted by molar-refractivity contribution is 5.90. The first-order valence-corrected chi connectivity index (χ1v) is 11.1. The third-order valence-electron chi connectivity index (χ3n) is 6.66. The van der Waals surface area contributed by atoms with Crippen LogP contribution in [0, 0.1) is 5.92 Å². The Bertz CT molecular complexity index is 1280. The molecule has 1 amide bonds. The number of carbonyl (C=O) groups excluding carboxylic acids is 1. The Hall–Kier alpha value is -3.75. The van der Waals surface area contributed by atoms with Crippen LogP contribution in [0.4, 0.5) is 11.5 Å². The molecule has 2 unspecified atom stereocenters.